The molecule has 0 radical (unpaired) electrons. The van der Waals surface area contributed by atoms with Crippen molar-refractivity contribution in [3.8, 4) is 28.5 Å². The third-order valence-corrected chi connectivity index (χ3v) is 19.3. The molecule has 2 aromatic carbocycles. The largest absolute Gasteiger partial charge is 0.468 e. The first-order valence-electron chi connectivity index (χ1n) is 22.0. The number of ether oxygens (including phenoxy) is 3. The van der Waals surface area contributed by atoms with Crippen LogP contribution in [0.5, 0.6) is 5.75 Å². The first-order valence-corrected chi connectivity index (χ1v) is 24.2. The number of aryl methyl sites for hydroxylation is 1. The summed E-state index contributed by atoms with van der Waals surface area (Å²) in [6, 6.07) is 6.54. The van der Waals surface area contributed by atoms with Crippen LogP contribution in [0.3, 0.4) is 0 Å². The zero-order valence-electron chi connectivity index (χ0n) is 38.9. The number of hydrogen-bond donors (Lipinski definition) is 0. The molecule has 2 aliphatic heterocycles. The van der Waals surface area contributed by atoms with Gasteiger partial charge in [0.1, 0.15) is 36.8 Å². The third-order valence-electron chi connectivity index (χ3n) is 13.0. The van der Waals surface area contributed by atoms with E-state index in [4.69, 9.17) is 24.2 Å². The molecule has 61 heavy (non-hydrogen) atoms. The standard InChI is InChI=1S/C49H67F2N5O4Si/c1-29(2)61(30(3)4,31(5)6)22-20-38-41(50)18-15-34-23-37(59-28-58-14)24-39(43(34)38)46-44(51)42-33(8)45(32(7)19-21-54(12)13)53-47(40(42)25-52-46)55-26-35-16-17-36(27-55)56(35)48(57)60-49(9,10)11/h15,18,23-25,29-32,35-36H,16-17,19,21,26-28H2,1-14H3. The highest BCUT2D eigenvalue weighted by Gasteiger charge is 2.45. The number of amides is 1. The number of pyridine rings is 2. The van der Waals surface area contributed by atoms with Gasteiger partial charge in [0.2, 0.25) is 0 Å². The van der Waals surface area contributed by atoms with E-state index in [1.165, 1.54) is 13.2 Å². The number of rotatable bonds is 12. The number of benzene rings is 2. The SMILES string of the molecule is COCOc1cc(-c2ncc3c(N4CC5CCC(C4)N5C(=O)OC(C)(C)C)nc(C(C)CCN(C)C)c(C)c3c2F)c2c(C#C[Si](C(C)C)(C(C)C)C(C)C)c(F)ccc2c1. The predicted octanol–water partition coefficient (Wildman–Crippen LogP) is 11.2. The highest BCUT2D eigenvalue weighted by Crippen LogP contribution is 2.44. The molecule has 2 aromatic heterocycles. The second-order valence-electron chi connectivity index (χ2n) is 19.5. The smallest absolute Gasteiger partial charge is 0.410 e. The van der Waals surface area contributed by atoms with Crippen LogP contribution in [0, 0.1) is 30.0 Å². The van der Waals surface area contributed by atoms with Crippen LogP contribution >= 0.6 is 0 Å². The van der Waals surface area contributed by atoms with Gasteiger partial charge in [0.25, 0.3) is 0 Å². The Hall–Kier alpha value is -4.31. The molecule has 4 aromatic rings. The van der Waals surface area contributed by atoms with E-state index in [2.05, 4.69) is 69.7 Å². The van der Waals surface area contributed by atoms with Gasteiger partial charge in [-0.05, 0) is 119 Å². The molecular formula is C49H67F2N5O4Si. The molecule has 0 N–H and O–H groups in total. The van der Waals surface area contributed by atoms with Crippen LogP contribution in [0.4, 0.5) is 19.4 Å². The highest BCUT2D eigenvalue weighted by molar-refractivity contribution is 6.90. The van der Waals surface area contributed by atoms with Crippen LogP contribution in [-0.2, 0) is 9.47 Å². The first kappa shape index (κ1) is 46.2. The van der Waals surface area contributed by atoms with Crippen LogP contribution in [0.25, 0.3) is 32.8 Å². The average Bonchev–Trinajstić information content (AvgIpc) is 3.45. The second kappa shape index (κ2) is 18.2. The van der Waals surface area contributed by atoms with E-state index in [1.807, 2.05) is 52.8 Å². The number of fused-ring (bicyclic) bond motifs is 4. The van der Waals surface area contributed by atoms with Gasteiger partial charge in [-0.3, -0.25) is 9.88 Å². The van der Waals surface area contributed by atoms with Crippen LogP contribution in [0.2, 0.25) is 16.6 Å². The molecule has 2 saturated heterocycles. The van der Waals surface area contributed by atoms with Crippen molar-refractivity contribution in [2.45, 2.75) is 136 Å². The average molecular weight is 856 g/mol. The van der Waals surface area contributed by atoms with Gasteiger partial charge in [-0.25, -0.2) is 18.6 Å². The van der Waals surface area contributed by atoms with Gasteiger partial charge in [0.15, 0.2) is 12.6 Å². The molecule has 3 atom stereocenters. The van der Waals surface area contributed by atoms with Crippen molar-refractivity contribution in [2.75, 3.05) is 52.5 Å². The molecule has 0 spiro atoms. The number of carbonyl (C=O) groups is 1. The van der Waals surface area contributed by atoms with Gasteiger partial charge in [0.05, 0.1) is 17.6 Å². The normalized spacial score (nSPS) is 17.6. The van der Waals surface area contributed by atoms with Gasteiger partial charge >= 0.3 is 6.09 Å². The lowest BCUT2D eigenvalue weighted by Crippen LogP contribution is -2.57. The molecule has 2 fully saturated rings. The van der Waals surface area contributed by atoms with Crippen molar-refractivity contribution in [3.05, 3.63) is 58.9 Å². The number of piperazine rings is 1. The zero-order valence-corrected chi connectivity index (χ0v) is 39.9. The molecule has 0 saturated carbocycles. The van der Waals surface area contributed by atoms with E-state index in [9.17, 15) is 4.79 Å². The Labute approximate surface area is 363 Å². The molecule has 6 rings (SSSR count). The molecule has 2 bridgehead atoms. The summed E-state index contributed by atoms with van der Waals surface area (Å²) in [6.07, 6.45) is 3.93. The molecule has 2 aliphatic rings. The van der Waals surface area contributed by atoms with E-state index in [0.29, 0.717) is 68.4 Å². The topological polar surface area (TPSA) is 80.3 Å². The minimum atomic E-state index is -2.28. The van der Waals surface area contributed by atoms with Crippen molar-refractivity contribution >= 4 is 41.5 Å². The molecule has 1 amide bonds. The molecule has 4 heterocycles. The Kier molecular flexibility index (Phi) is 13.8. The van der Waals surface area contributed by atoms with Crippen molar-refractivity contribution < 1.29 is 27.8 Å². The molecular weight excluding hydrogens is 789 g/mol. The Bertz CT molecular complexity index is 2300. The van der Waals surface area contributed by atoms with Crippen molar-refractivity contribution in [3.63, 3.8) is 0 Å². The lowest BCUT2D eigenvalue weighted by atomic mass is 9.92. The van der Waals surface area contributed by atoms with Crippen molar-refractivity contribution in [1.82, 2.24) is 19.8 Å². The second-order valence-corrected chi connectivity index (χ2v) is 25.1. The van der Waals surface area contributed by atoms with E-state index >= 15 is 8.78 Å². The summed E-state index contributed by atoms with van der Waals surface area (Å²) in [5, 5.41) is 2.17. The van der Waals surface area contributed by atoms with E-state index in [-0.39, 0.29) is 42.1 Å². The Morgan fingerprint density at radius 2 is 1.62 bits per heavy atom. The number of methoxy groups -OCH3 is 1. The van der Waals surface area contributed by atoms with E-state index in [0.717, 1.165) is 37.1 Å². The molecule has 330 valence electrons. The third kappa shape index (κ3) is 9.12. The number of anilines is 1. The molecule has 9 nitrogen and oxygen atoms in total. The van der Waals surface area contributed by atoms with Crippen molar-refractivity contribution in [1.29, 1.82) is 0 Å². The lowest BCUT2D eigenvalue weighted by Gasteiger charge is -2.42. The Morgan fingerprint density at radius 1 is 0.984 bits per heavy atom. The quantitative estimate of drug-likeness (QED) is 0.0792. The summed E-state index contributed by atoms with van der Waals surface area (Å²) in [5.41, 5.74) is 6.37. The van der Waals surface area contributed by atoms with Gasteiger partial charge in [-0.15, -0.1) is 5.54 Å². The maximum atomic E-state index is 18.1. The molecule has 3 unspecified atom stereocenters. The van der Waals surface area contributed by atoms with Crippen LogP contribution in [-0.4, -0.2) is 99.3 Å². The van der Waals surface area contributed by atoms with Gasteiger partial charge in [0, 0.05) is 53.8 Å². The summed E-state index contributed by atoms with van der Waals surface area (Å²) >= 11 is 0. The summed E-state index contributed by atoms with van der Waals surface area (Å²) < 4.78 is 51.5. The predicted molar refractivity (Wildman–Crippen MR) is 246 cm³/mol. The summed E-state index contributed by atoms with van der Waals surface area (Å²) in [7, 11) is 3.35. The fraction of sp³-hybridized carbons (Fsp3) is 0.571. The fourth-order valence-corrected chi connectivity index (χ4v) is 15.3. The van der Waals surface area contributed by atoms with Gasteiger partial charge < -0.3 is 24.0 Å². The zero-order chi connectivity index (χ0) is 44.7. The molecule has 12 heteroatoms. The first-order chi connectivity index (χ1) is 28.7. The number of aromatic nitrogens is 2. The number of hydrogen-bond acceptors (Lipinski definition) is 8. The molecule has 0 aliphatic carbocycles. The van der Waals surface area contributed by atoms with Gasteiger partial charge in [-0.1, -0.05) is 60.5 Å². The Morgan fingerprint density at radius 3 is 2.20 bits per heavy atom. The maximum Gasteiger partial charge on any atom is 0.410 e. The number of halogens is 2. The summed E-state index contributed by atoms with van der Waals surface area (Å²) in [4.78, 5) is 29.9. The monoisotopic (exact) mass is 855 g/mol. The van der Waals surface area contributed by atoms with Crippen LogP contribution < -0.4 is 9.64 Å². The van der Waals surface area contributed by atoms with Crippen molar-refractivity contribution in [2.24, 2.45) is 0 Å². The van der Waals surface area contributed by atoms with Crippen LogP contribution in [0.1, 0.15) is 111 Å². The summed E-state index contributed by atoms with van der Waals surface area (Å²) in [5.74, 6) is 3.51. The lowest BCUT2D eigenvalue weighted by molar-refractivity contribution is 0.0123. The minimum absolute atomic E-state index is 0.0104. The number of carbonyl (C=O) groups excluding carboxylic acids is 1. The van der Waals surface area contributed by atoms with Crippen LogP contribution in [0.15, 0.2) is 30.5 Å². The van der Waals surface area contributed by atoms with E-state index < -0.39 is 25.3 Å². The summed E-state index contributed by atoms with van der Waals surface area (Å²) in [6.45, 7) is 25.0. The Balaban J connectivity index is 1.59. The van der Waals surface area contributed by atoms with Gasteiger partial charge in [-0.2, -0.15) is 0 Å². The highest BCUT2D eigenvalue weighted by atomic mass is 28.3. The maximum absolute atomic E-state index is 18.1. The van der Waals surface area contributed by atoms with E-state index in [1.54, 1.807) is 18.3 Å². The minimum Gasteiger partial charge on any atom is -0.468 e. The number of nitrogens with zero attached hydrogens (tertiary/aromatic N) is 5. The fourth-order valence-electron chi connectivity index (χ4n) is 10.1.